The summed E-state index contributed by atoms with van der Waals surface area (Å²) in [7, 11) is 0. The van der Waals surface area contributed by atoms with Crippen LogP contribution in [0.25, 0.3) is 5.57 Å². The molecule has 0 saturated carbocycles. The zero-order valence-electron chi connectivity index (χ0n) is 14.4. The minimum Gasteiger partial charge on any atom is -0.350 e. The first-order chi connectivity index (χ1) is 10.2. The predicted molar refractivity (Wildman–Crippen MR) is 92.5 cm³/mol. The smallest absolute Gasteiger partial charge is 0.256 e. The number of nitrogens with one attached hydrogen (secondary N) is 1. The molecule has 1 unspecified atom stereocenters. The number of aryl methyl sites for hydroxylation is 2. The Bertz CT molecular complexity index is 631. The number of anilines is 1. The molecule has 1 amide bonds. The van der Waals surface area contributed by atoms with E-state index in [4.69, 9.17) is 5.84 Å². The van der Waals surface area contributed by atoms with Crippen molar-refractivity contribution in [2.24, 2.45) is 5.84 Å². The van der Waals surface area contributed by atoms with E-state index in [1.165, 1.54) is 22.3 Å². The van der Waals surface area contributed by atoms with E-state index in [9.17, 15) is 4.79 Å². The molecule has 0 bridgehead atoms. The van der Waals surface area contributed by atoms with Crippen LogP contribution in [0.1, 0.15) is 50.8 Å². The summed E-state index contributed by atoms with van der Waals surface area (Å²) in [6, 6.07) is 4.12. The number of rotatable bonds is 3. The van der Waals surface area contributed by atoms with Crippen molar-refractivity contribution in [1.82, 2.24) is 5.43 Å². The Kier molecular flexibility index (Phi) is 4.34. The van der Waals surface area contributed by atoms with Crippen LogP contribution in [-0.2, 0) is 4.79 Å². The molecule has 1 atom stereocenters. The topological polar surface area (TPSA) is 58.4 Å². The van der Waals surface area contributed by atoms with Crippen LogP contribution in [0.15, 0.2) is 18.2 Å². The van der Waals surface area contributed by atoms with Crippen LogP contribution in [0.3, 0.4) is 0 Å². The SMILES string of the molecule is CCC(C(=O)NN)N1c2cc(C)c(C)cc2C(C)=CC1(C)C. The number of hydrazine groups is 1. The molecule has 22 heavy (non-hydrogen) atoms. The predicted octanol–water partition coefficient (Wildman–Crippen LogP) is 3.07. The maximum absolute atomic E-state index is 12.3. The molecule has 1 heterocycles. The molecule has 0 spiro atoms. The fourth-order valence-corrected chi connectivity index (χ4v) is 3.45. The molecule has 0 fully saturated rings. The van der Waals surface area contributed by atoms with Crippen LogP contribution < -0.4 is 16.2 Å². The summed E-state index contributed by atoms with van der Waals surface area (Å²) in [6.45, 7) is 12.7. The number of allylic oxidation sites excluding steroid dienone is 1. The zero-order chi connectivity index (χ0) is 16.7. The highest BCUT2D eigenvalue weighted by atomic mass is 16.2. The molecule has 0 aromatic heterocycles. The minimum absolute atomic E-state index is 0.146. The lowest BCUT2D eigenvalue weighted by Gasteiger charge is -2.47. The Morgan fingerprint density at radius 2 is 1.86 bits per heavy atom. The summed E-state index contributed by atoms with van der Waals surface area (Å²) in [5, 5.41) is 0. The average molecular weight is 301 g/mol. The van der Waals surface area contributed by atoms with Crippen molar-refractivity contribution < 1.29 is 4.79 Å². The van der Waals surface area contributed by atoms with E-state index < -0.39 is 0 Å². The summed E-state index contributed by atoms with van der Waals surface area (Å²) in [5.74, 6) is 5.26. The van der Waals surface area contributed by atoms with Crippen molar-refractivity contribution in [3.8, 4) is 0 Å². The minimum atomic E-state index is -0.287. The van der Waals surface area contributed by atoms with Crippen LogP contribution in [0, 0.1) is 13.8 Å². The van der Waals surface area contributed by atoms with E-state index in [2.05, 4.69) is 63.2 Å². The fraction of sp³-hybridized carbons (Fsp3) is 0.500. The van der Waals surface area contributed by atoms with Gasteiger partial charge in [0.1, 0.15) is 6.04 Å². The molecule has 1 aromatic carbocycles. The summed E-state index contributed by atoms with van der Waals surface area (Å²) < 4.78 is 0. The van der Waals surface area contributed by atoms with Crippen LogP contribution in [0.2, 0.25) is 0 Å². The molecule has 1 aliphatic heterocycles. The standard InChI is InChI=1S/C18H27N3O/c1-7-15(17(22)20-19)21-16-9-12(3)11(2)8-14(16)13(4)10-18(21,5)6/h8-10,15H,7,19H2,1-6H3,(H,20,22). The highest BCUT2D eigenvalue weighted by Gasteiger charge is 2.38. The molecule has 120 valence electrons. The molecule has 0 radical (unpaired) electrons. The van der Waals surface area contributed by atoms with Crippen LogP contribution in [-0.4, -0.2) is 17.5 Å². The first-order valence-corrected chi connectivity index (χ1v) is 7.83. The second-order valence-corrected chi connectivity index (χ2v) is 6.74. The largest absolute Gasteiger partial charge is 0.350 e. The number of carbonyl (C=O) groups is 1. The van der Waals surface area contributed by atoms with Gasteiger partial charge in [0.05, 0.1) is 5.54 Å². The maximum atomic E-state index is 12.3. The molecule has 1 aromatic rings. The number of hydrogen-bond acceptors (Lipinski definition) is 3. The Morgan fingerprint density at radius 3 is 2.41 bits per heavy atom. The third-order valence-electron chi connectivity index (χ3n) is 4.63. The van der Waals surface area contributed by atoms with Crippen molar-refractivity contribution in [2.45, 2.75) is 59.5 Å². The van der Waals surface area contributed by atoms with E-state index in [1.807, 2.05) is 6.92 Å². The molecule has 3 N–H and O–H groups in total. The van der Waals surface area contributed by atoms with Gasteiger partial charge < -0.3 is 4.90 Å². The summed E-state index contributed by atoms with van der Waals surface area (Å²) in [6.07, 6.45) is 2.93. The molecular formula is C18H27N3O. The normalized spacial score (nSPS) is 17.6. The van der Waals surface area contributed by atoms with Gasteiger partial charge in [0, 0.05) is 11.3 Å². The van der Waals surface area contributed by atoms with Crippen molar-refractivity contribution in [2.75, 3.05) is 4.90 Å². The van der Waals surface area contributed by atoms with Gasteiger partial charge >= 0.3 is 0 Å². The van der Waals surface area contributed by atoms with E-state index >= 15 is 0 Å². The zero-order valence-corrected chi connectivity index (χ0v) is 14.4. The average Bonchev–Trinajstić information content (AvgIpc) is 2.44. The number of fused-ring (bicyclic) bond motifs is 1. The molecule has 0 saturated heterocycles. The Hall–Kier alpha value is -1.81. The Balaban J connectivity index is 2.68. The lowest BCUT2D eigenvalue weighted by atomic mass is 9.85. The Labute approximate surface area is 133 Å². The number of nitrogens with two attached hydrogens (primary N) is 1. The third kappa shape index (κ3) is 2.63. The van der Waals surface area contributed by atoms with Gasteiger partial charge in [-0.1, -0.05) is 13.0 Å². The van der Waals surface area contributed by atoms with Crippen LogP contribution >= 0.6 is 0 Å². The summed E-state index contributed by atoms with van der Waals surface area (Å²) in [5.41, 5.74) is 8.14. The van der Waals surface area contributed by atoms with Crippen molar-refractivity contribution in [1.29, 1.82) is 0 Å². The molecule has 2 rings (SSSR count). The first kappa shape index (κ1) is 16.6. The second-order valence-electron chi connectivity index (χ2n) is 6.74. The van der Waals surface area contributed by atoms with Gasteiger partial charge in [-0.25, -0.2) is 5.84 Å². The van der Waals surface area contributed by atoms with Gasteiger partial charge in [-0.2, -0.15) is 0 Å². The summed E-state index contributed by atoms with van der Waals surface area (Å²) in [4.78, 5) is 14.5. The number of hydrogen-bond donors (Lipinski definition) is 2. The molecule has 1 aliphatic rings. The quantitative estimate of drug-likeness (QED) is 0.512. The van der Waals surface area contributed by atoms with Gasteiger partial charge in [0.25, 0.3) is 5.91 Å². The van der Waals surface area contributed by atoms with E-state index in [1.54, 1.807) is 0 Å². The highest BCUT2D eigenvalue weighted by molar-refractivity contribution is 5.90. The molecule has 4 heteroatoms. The third-order valence-corrected chi connectivity index (χ3v) is 4.63. The number of benzene rings is 1. The highest BCUT2D eigenvalue weighted by Crippen LogP contribution is 2.41. The second kappa shape index (κ2) is 5.76. The fourth-order valence-electron chi connectivity index (χ4n) is 3.45. The number of carbonyl (C=O) groups excluding carboxylic acids is 1. The van der Waals surface area contributed by atoms with E-state index in [-0.39, 0.29) is 17.5 Å². The number of amides is 1. The van der Waals surface area contributed by atoms with E-state index in [0.29, 0.717) is 6.42 Å². The maximum Gasteiger partial charge on any atom is 0.256 e. The lowest BCUT2D eigenvalue weighted by Crippen LogP contribution is -2.57. The van der Waals surface area contributed by atoms with Crippen LogP contribution in [0.5, 0.6) is 0 Å². The van der Waals surface area contributed by atoms with Crippen LogP contribution in [0.4, 0.5) is 5.69 Å². The van der Waals surface area contributed by atoms with Crippen molar-refractivity contribution in [3.05, 3.63) is 34.9 Å². The van der Waals surface area contributed by atoms with Gasteiger partial charge in [-0.15, -0.1) is 0 Å². The van der Waals surface area contributed by atoms with E-state index in [0.717, 1.165) is 5.69 Å². The van der Waals surface area contributed by atoms with Gasteiger partial charge in [-0.05, 0) is 69.9 Å². The molecular weight excluding hydrogens is 274 g/mol. The van der Waals surface area contributed by atoms with Crippen molar-refractivity contribution in [3.63, 3.8) is 0 Å². The molecule has 4 nitrogen and oxygen atoms in total. The van der Waals surface area contributed by atoms with Gasteiger partial charge in [-0.3, -0.25) is 10.2 Å². The summed E-state index contributed by atoms with van der Waals surface area (Å²) >= 11 is 0. The lowest BCUT2D eigenvalue weighted by molar-refractivity contribution is -0.122. The Morgan fingerprint density at radius 1 is 1.27 bits per heavy atom. The van der Waals surface area contributed by atoms with Gasteiger partial charge in [0.2, 0.25) is 0 Å². The number of nitrogens with zero attached hydrogens (tertiary/aromatic N) is 1. The monoisotopic (exact) mass is 301 g/mol. The van der Waals surface area contributed by atoms with Crippen molar-refractivity contribution >= 4 is 17.2 Å². The van der Waals surface area contributed by atoms with Gasteiger partial charge in [0.15, 0.2) is 0 Å². The molecule has 0 aliphatic carbocycles. The first-order valence-electron chi connectivity index (χ1n) is 7.83.